The van der Waals surface area contributed by atoms with Gasteiger partial charge in [0.2, 0.25) is 0 Å². The molecule has 0 spiro atoms. The molecular weight excluding hydrogens is 586 g/mol. The SMILES string of the molecule is CC(CN)CCCC(C)C1C(OC2CC(OC3CC(O)[C@H](O)CO3)C(O)CO2)CC2C3CC=C4CC(O)CCC4(C)C3CCC21C. The summed E-state index contributed by atoms with van der Waals surface area (Å²) in [5.74, 6) is 3.29. The van der Waals surface area contributed by atoms with E-state index in [1.165, 1.54) is 24.8 Å². The van der Waals surface area contributed by atoms with Crippen molar-refractivity contribution in [1.82, 2.24) is 0 Å². The van der Waals surface area contributed by atoms with Gasteiger partial charge in [-0.15, -0.1) is 0 Å². The number of hydrogen-bond donors (Lipinski definition) is 5. The van der Waals surface area contributed by atoms with Gasteiger partial charge in [0.25, 0.3) is 0 Å². The van der Waals surface area contributed by atoms with E-state index in [4.69, 9.17) is 24.7 Å². The standard InChI is InChI=1S/C37H63NO8/c1-21(18-38)6-5-7-22(2)35-32(46-34-17-31(30(42)20-44-34)45-33-16-28(40)29(41)19-43-33)15-27-25-9-8-23-14-24(39)10-12-36(23,3)26(25)11-13-37(27,35)4/h8,21-22,24-35,39-42H,5-7,9-20,38H2,1-4H3/t21?,22?,24?,25?,26?,27?,28?,29-,30?,31?,32?,33?,34?,35?,36?,37?/m1/s1. The van der Waals surface area contributed by atoms with Gasteiger partial charge >= 0.3 is 0 Å². The fourth-order valence-electron chi connectivity index (χ4n) is 11.1. The molecule has 0 amide bonds. The molecule has 5 fully saturated rings. The largest absolute Gasteiger partial charge is 0.393 e. The van der Waals surface area contributed by atoms with Crippen LogP contribution in [-0.2, 0) is 18.9 Å². The zero-order valence-electron chi connectivity index (χ0n) is 28.8. The average molecular weight is 650 g/mol. The van der Waals surface area contributed by atoms with E-state index in [1.54, 1.807) is 0 Å². The van der Waals surface area contributed by atoms with Crippen LogP contribution >= 0.6 is 0 Å². The number of rotatable bonds is 10. The topological polar surface area (TPSA) is 144 Å². The Morgan fingerprint density at radius 3 is 2.33 bits per heavy atom. The van der Waals surface area contributed by atoms with Crippen molar-refractivity contribution in [2.75, 3.05) is 19.8 Å². The Bertz CT molecular complexity index is 1060. The smallest absolute Gasteiger partial charge is 0.160 e. The molecule has 46 heavy (non-hydrogen) atoms. The van der Waals surface area contributed by atoms with Crippen molar-refractivity contribution in [3.05, 3.63) is 11.6 Å². The fraction of sp³-hybridized carbons (Fsp3) is 0.946. The normalized spacial score (nSPS) is 48.9. The van der Waals surface area contributed by atoms with Crippen LogP contribution in [0.1, 0.15) is 105 Å². The molecule has 0 radical (unpaired) electrons. The van der Waals surface area contributed by atoms with Crippen molar-refractivity contribution in [1.29, 1.82) is 0 Å². The van der Waals surface area contributed by atoms with E-state index in [0.717, 1.165) is 51.5 Å². The summed E-state index contributed by atoms with van der Waals surface area (Å²) in [7, 11) is 0. The summed E-state index contributed by atoms with van der Waals surface area (Å²) in [6.45, 7) is 10.6. The van der Waals surface area contributed by atoms with Gasteiger partial charge in [-0.05, 0) is 104 Å². The van der Waals surface area contributed by atoms with Crippen LogP contribution in [-0.4, -0.2) is 89.4 Å². The number of nitrogens with two attached hydrogens (primary N) is 1. The fourth-order valence-corrected chi connectivity index (χ4v) is 11.1. The van der Waals surface area contributed by atoms with Crippen LogP contribution in [0, 0.1) is 46.3 Å². The van der Waals surface area contributed by atoms with Gasteiger partial charge in [-0.3, -0.25) is 0 Å². The Morgan fingerprint density at radius 1 is 0.870 bits per heavy atom. The third kappa shape index (κ3) is 6.88. The van der Waals surface area contributed by atoms with Crippen molar-refractivity contribution in [3.8, 4) is 0 Å². The van der Waals surface area contributed by atoms with E-state index in [0.29, 0.717) is 41.9 Å². The van der Waals surface area contributed by atoms with Crippen LogP contribution in [0.3, 0.4) is 0 Å². The molecule has 9 heteroatoms. The quantitative estimate of drug-likeness (QED) is 0.219. The lowest BCUT2D eigenvalue weighted by Crippen LogP contribution is -2.51. The molecule has 9 nitrogen and oxygen atoms in total. The second-order valence-electron chi connectivity index (χ2n) is 16.8. The van der Waals surface area contributed by atoms with Crippen molar-refractivity contribution < 1.29 is 39.4 Å². The highest BCUT2D eigenvalue weighted by atomic mass is 16.7. The molecule has 0 aromatic carbocycles. The summed E-state index contributed by atoms with van der Waals surface area (Å²) >= 11 is 0. The number of aliphatic hydroxyl groups excluding tert-OH is 4. The monoisotopic (exact) mass is 649 g/mol. The first kappa shape index (κ1) is 35.2. The second kappa shape index (κ2) is 14.3. The maximum Gasteiger partial charge on any atom is 0.160 e. The van der Waals surface area contributed by atoms with Crippen LogP contribution in [0.4, 0.5) is 0 Å². The predicted molar refractivity (Wildman–Crippen MR) is 174 cm³/mol. The highest BCUT2D eigenvalue weighted by molar-refractivity contribution is 5.25. The Balaban J connectivity index is 1.19. The summed E-state index contributed by atoms with van der Waals surface area (Å²) in [5, 5.41) is 41.2. The minimum Gasteiger partial charge on any atom is -0.393 e. The van der Waals surface area contributed by atoms with Gasteiger partial charge in [0.1, 0.15) is 12.2 Å². The Hall–Kier alpha value is -0.620. The highest BCUT2D eigenvalue weighted by Crippen LogP contribution is 2.68. The van der Waals surface area contributed by atoms with E-state index < -0.39 is 37.0 Å². The third-order valence-electron chi connectivity index (χ3n) is 13.8. The molecule has 6 rings (SSSR count). The molecule has 4 aliphatic carbocycles. The average Bonchev–Trinajstić information content (AvgIpc) is 3.32. The molecule has 2 heterocycles. The van der Waals surface area contributed by atoms with Crippen LogP contribution in [0.5, 0.6) is 0 Å². The first-order valence-electron chi connectivity index (χ1n) is 18.6. The molecule has 6 aliphatic rings. The zero-order chi connectivity index (χ0) is 32.8. The van der Waals surface area contributed by atoms with Crippen molar-refractivity contribution in [2.24, 2.45) is 52.1 Å². The number of aliphatic hydroxyl groups is 4. The second-order valence-corrected chi connectivity index (χ2v) is 16.8. The summed E-state index contributed by atoms with van der Waals surface area (Å²) in [4.78, 5) is 0. The highest BCUT2D eigenvalue weighted by Gasteiger charge is 2.62. The Labute approximate surface area is 276 Å². The minimum absolute atomic E-state index is 0.00915. The van der Waals surface area contributed by atoms with Crippen LogP contribution in [0.25, 0.3) is 0 Å². The summed E-state index contributed by atoms with van der Waals surface area (Å²) in [6.07, 6.45) is 9.50. The number of ether oxygens (including phenoxy) is 4. The summed E-state index contributed by atoms with van der Waals surface area (Å²) < 4.78 is 24.9. The van der Waals surface area contributed by atoms with E-state index >= 15 is 0 Å². The van der Waals surface area contributed by atoms with E-state index in [2.05, 4.69) is 33.8 Å². The lowest BCUT2D eigenvalue weighted by atomic mass is 9.47. The lowest BCUT2D eigenvalue weighted by Gasteiger charge is -2.58. The van der Waals surface area contributed by atoms with Gasteiger partial charge in [-0.25, -0.2) is 0 Å². The maximum atomic E-state index is 10.8. The Morgan fingerprint density at radius 2 is 1.59 bits per heavy atom. The minimum atomic E-state index is -0.918. The van der Waals surface area contributed by atoms with Crippen LogP contribution < -0.4 is 5.73 Å². The van der Waals surface area contributed by atoms with Crippen LogP contribution in [0.2, 0.25) is 0 Å². The molecule has 15 unspecified atom stereocenters. The number of hydrogen-bond acceptors (Lipinski definition) is 9. The van der Waals surface area contributed by atoms with Gasteiger partial charge in [-0.2, -0.15) is 0 Å². The molecule has 6 N–H and O–H groups in total. The van der Waals surface area contributed by atoms with Gasteiger partial charge in [0.05, 0.1) is 37.6 Å². The Kier molecular flexibility index (Phi) is 11.0. The third-order valence-corrected chi connectivity index (χ3v) is 13.8. The van der Waals surface area contributed by atoms with E-state index in [-0.39, 0.29) is 42.7 Å². The van der Waals surface area contributed by atoms with E-state index in [9.17, 15) is 20.4 Å². The first-order chi connectivity index (χ1) is 21.9. The molecule has 264 valence electrons. The molecule has 0 aromatic rings. The van der Waals surface area contributed by atoms with E-state index in [1.807, 2.05) is 0 Å². The number of fused-ring (bicyclic) bond motifs is 5. The van der Waals surface area contributed by atoms with Gasteiger partial charge < -0.3 is 45.1 Å². The molecule has 0 bridgehead atoms. The summed E-state index contributed by atoms with van der Waals surface area (Å²) in [6, 6.07) is 0. The van der Waals surface area contributed by atoms with Crippen molar-refractivity contribution in [2.45, 2.75) is 154 Å². The van der Waals surface area contributed by atoms with Gasteiger partial charge in [-0.1, -0.05) is 52.2 Å². The molecule has 3 saturated carbocycles. The van der Waals surface area contributed by atoms with Gasteiger partial charge in [0.15, 0.2) is 12.6 Å². The lowest BCUT2D eigenvalue weighted by molar-refractivity contribution is -0.289. The maximum absolute atomic E-state index is 10.8. The van der Waals surface area contributed by atoms with Crippen molar-refractivity contribution >= 4 is 0 Å². The van der Waals surface area contributed by atoms with Crippen molar-refractivity contribution in [3.63, 3.8) is 0 Å². The van der Waals surface area contributed by atoms with Crippen LogP contribution in [0.15, 0.2) is 11.6 Å². The summed E-state index contributed by atoms with van der Waals surface area (Å²) in [5.41, 5.74) is 7.83. The molecular formula is C37H63NO8. The molecule has 16 atom stereocenters. The predicted octanol–water partition coefficient (Wildman–Crippen LogP) is 4.28. The van der Waals surface area contributed by atoms with Gasteiger partial charge in [0, 0.05) is 12.8 Å². The zero-order valence-corrected chi connectivity index (χ0v) is 28.8. The number of allylic oxidation sites excluding steroid dienone is 1. The molecule has 0 aromatic heterocycles. The molecule has 2 saturated heterocycles. The molecule has 2 aliphatic heterocycles. The first-order valence-corrected chi connectivity index (χ1v) is 18.6.